The highest BCUT2D eigenvalue weighted by atomic mass is 19.4. The van der Waals surface area contributed by atoms with Crippen molar-refractivity contribution >= 4 is 29.5 Å². The topological polar surface area (TPSA) is 151 Å². The van der Waals surface area contributed by atoms with Crippen LogP contribution >= 0.6 is 0 Å². The Morgan fingerprint density at radius 2 is 2.07 bits per heavy atom. The number of carbonyl (C=O) groups excluding carboxylic acids is 2. The Labute approximate surface area is 244 Å². The molecule has 0 aliphatic heterocycles. The molecule has 4 rings (SSSR count). The second kappa shape index (κ2) is 13.4. The number of amides is 1. The number of benzene rings is 1. The van der Waals surface area contributed by atoms with E-state index < -0.39 is 23.8 Å². The molecule has 4 aromatic rings. The minimum atomic E-state index is -4.75. The van der Waals surface area contributed by atoms with E-state index in [1.807, 2.05) is 0 Å². The Kier molecular flexibility index (Phi) is 9.63. The van der Waals surface area contributed by atoms with Crippen molar-refractivity contribution in [1.82, 2.24) is 29.5 Å². The Bertz CT molecular complexity index is 1660. The van der Waals surface area contributed by atoms with Crippen LogP contribution in [0.2, 0.25) is 0 Å². The van der Waals surface area contributed by atoms with Gasteiger partial charge in [-0.15, -0.1) is 6.42 Å². The largest absolute Gasteiger partial charge is 0.435 e. The molecule has 1 atom stereocenters. The van der Waals surface area contributed by atoms with Crippen molar-refractivity contribution in [2.75, 3.05) is 31.6 Å². The van der Waals surface area contributed by atoms with E-state index in [-0.39, 0.29) is 59.3 Å². The number of alkyl halides is 3. The molecule has 0 aliphatic carbocycles. The lowest BCUT2D eigenvalue weighted by Gasteiger charge is -2.17. The molecule has 0 aliphatic rings. The van der Waals surface area contributed by atoms with E-state index in [1.54, 1.807) is 19.9 Å². The summed E-state index contributed by atoms with van der Waals surface area (Å²) in [5, 5.41) is 9.48. The average molecular weight is 599 g/mol. The zero-order valence-electron chi connectivity index (χ0n) is 23.3. The van der Waals surface area contributed by atoms with E-state index in [4.69, 9.17) is 21.6 Å². The number of hydrogen-bond donors (Lipinski definition) is 3. The number of nitrogens with zero attached hydrogens (tertiary/aromatic N) is 5. The first-order chi connectivity index (χ1) is 20.6. The van der Waals surface area contributed by atoms with Gasteiger partial charge < -0.3 is 25.8 Å². The van der Waals surface area contributed by atoms with Crippen LogP contribution in [0.3, 0.4) is 0 Å². The maximum Gasteiger partial charge on any atom is 0.435 e. The molecular formula is C28H29F3N8O4. The second-order valence-corrected chi connectivity index (χ2v) is 9.14. The van der Waals surface area contributed by atoms with Crippen molar-refractivity contribution in [2.45, 2.75) is 32.5 Å². The lowest BCUT2D eigenvalue weighted by Crippen LogP contribution is -2.29. The maximum atomic E-state index is 13.9. The number of aromatic nitrogens is 5. The molecule has 0 radical (unpaired) electrons. The average Bonchev–Trinajstić information content (AvgIpc) is 3.63. The number of imidazole rings is 1. The number of hydrogen-bond acceptors (Lipinski definition) is 9. The Morgan fingerprint density at radius 1 is 1.28 bits per heavy atom. The van der Waals surface area contributed by atoms with Gasteiger partial charge in [-0.2, -0.15) is 18.3 Å². The number of anilines is 2. The molecule has 0 saturated carbocycles. The normalized spacial score (nSPS) is 12.1. The predicted molar refractivity (Wildman–Crippen MR) is 151 cm³/mol. The maximum absolute atomic E-state index is 13.9. The third-order valence-electron chi connectivity index (χ3n) is 6.41. The van der Waals surface area contributed by atoms with Crippen molar-refractivity contribution in [1.29, 1.82) is 0 Å². The van der Waals surface area contributed by atoms with Gasteiger partial charge in [0.05, 0.1) is 36.4 Å². The molecular weight excluding hydrogens is 569 g/mol. The SMILES string of the molecule is C#CC(C)n1cc(-c2cnc3c(Nc4ccc(C(=O)NCCOCCN)c(CC)c4OC=O)nccn23)c(C(F)(F)F)n1. The van der Waals surface area contributed by atoms with Gasteiger partial charge >= 0.3 is 6.18 Å². The zero-order valence-corrected chi connectivity index (χ0v) is 23.3. The number of carbonyl (C=O) groups is 2. The first-order valence-corrected chi connectivity index (χ1v) is 13.2. The van der Waals surface area contributed by atoms with Gasteiger partial charge in [-0.3, -0.25) is 18.7 Å². The highest BCUT2D eigenvalue weighted by Crippen LogP contribution is 2.38. The van der Waals surface area contributed by atoms with Crippen LogP contribution in [0.15, 0.2) is 36.9 Å². The molecule has 15 heteroatoms. The van der Waals surface area contributed by atoms with Gasteiger partial charge in [-0.25, -0.2) is 9.97 Å². The van der Waals surface area contributed by atoms with E-state index in [0.717, 1.165) is 4.68 Å². The number of halogens is 3. The van der Waals surface area contributed by atoms with Crippen LogP contribution in [0.4, 0.5) is 24.7 Å². The van der Waals surface area contributed by atoms with Gasteiger partial charge in [0.1, 0.15) is 6.04 Å². The molecule has 1 aromatic carbocycles. The summed E-state index contributed by atoms with van der Waals surface area (Å²) < 4.78 is 54.8. The van der Waals surface area contributed by atoms with Crippen LogP contribution in [-0.4, -0.2) is 62.8 Å². The Balaban J connectivity index is 1.71. The standard InChI is InChI=1S/C28H29F3N8O4/c1-4-17(3)39-15-20(24(37-39)28(29,30)31)22-14-35-26-25(33-9-11-38(22)26)36-21-7-6-19(18(5-2)23(21)43-16-40)27(41)34-10-13-42-12-8-32/h1,6-7,9,11,14-17H,5,8,10,12-13,32H2,2-3H3,(H,33,36)(H,34,41). The number of nitrogens with two attached hydrogens (primary N) is 1. The lowest BCUT2D eigenvalue weighted by atomic mass is 10.0. The van der Waals surface area contributed by atoms with Crippen molar-refractivity contribution in [3.63, 3.8) is 0 Å². The third-order valence-corrected chi connectivity index (χ3v) is 6.41. The molecule has 226 valence electrons. The van der Waals surface area contributed by atoms with Gasteiger partial charge in [-0.1, -0.05) is 12.8 Å². The van der Waals surface area contributed by atoms with Crippen molar-refractivity contribution in [3.8, 4) is 29.4 Å². The fourth-order valence-corrected chi connectivity index (χ4v) is 4.39. The summed E-state index contributed by atoms with van der Waals surface area (Å²) in [5.41, 5.74) is 5.35. The van der Waals surface area contributed by atoms with E-state index in [9.17, 15) is 22.8 Å². The smallest absolute Gasteiger partial charge is 0.426 e. The molecule has 4 N–H and O–H groups in total. The summed E-state index contributed by atoms with van der Waals surface area (Å²) in [6.07, 6.45) is 6.30. The minimum Gasteiger partial charge on any atom is -0.426 e. The fourth-order valence-electron chi connectivity index (χ4n) is 4.39. The molecule has 1 amide bonds. The first kappa shape index (κ1) is 31.0. The van der Waals surface area contributed by atoms with Crippen molar-refractivity contribution < 1.29 is 32.2 Å². The van der Waals surface area contributed by atoms with Gasteiger partial charge in [0.15, 0.2) is 22.9 Å². The second-order valence-electron chi connectivity index (χ2n) is 9.14. The van der Waals surface area contributed by atoms with Gasteiger partial charge in [0, 0.05) is 42.8 Å². The molecule has 12 nitrogen and oxygen atoms in total. The highest BCUT2D eigenvalue weighted by Gasteiger charge is 2.38. The van der Waals surface area contributed by atoms with E-state index in [1.165, 1.54) is 35.3 Å². The van der Waals surface area contributed by atoms with Crippen LogP contribution in [-0.2, 0) is 22.1 Å². The number of terminal acetylenes is 1. The van der Waals surface area contributed by atoms with E-state index >= 15 is 0 Å². The van der Waals surface area contributed by atoms with E-state index in [2.05, 4.69) is 31.6 Å². The van der Waals surface area contributed by atoms with Crippen LogP contribution in [0, 0.1) is 12.3 Å². The van der Waals surface area contributed by atoms with E-state index in [0.29, 0.717) is 25.1 Å². The molecule has 0 saturated heterocycles. The summed E-state index contributed by atoms with van der Waals surface area (Å²) in [6.45, 7) is 4.82. The van der Waals surface area contributed by atoms with Gasteiger partial charge in [-0.05, 0) is 25.5 Å². The zero-order chi connectivity index (χ0) is 31.1. The number of fused-ring (bicyclic) bond motifs is 1. The van der Waals surface area contributed by atoms with Crippen LogP contribution in [0.5, 0.6) is 5.75 Å². The van der Waals surface area contributed by atoms with Crippen molar-refractivity contribution in [2.24, 2.45) is 5.73 Å². The number of rotatable bonds is 13. The van der Waals surface area contributed by atoms with Crippen LogP contribution in [0.25, 0.3) is 16.9 Å². The number of ether oxygens (including phenoxy) is 2. The molecule has 43 heavy (non-hydrogen) atoms. The van der Waals surface area contributed by atoms with Crippen LogP contribution in [0.1, 0.15) is 41.5 Å². The highest BCUT2D eigenvalue weighted by molar-refractivity contribution is 5.97. The fraction of sp³-hybridized carbons (Fsp3) is 0.321. The molecule has 0 spiro atoms. The molecule has 1 unspecified atom stereocenters. The Hall–Kier alpha value is -4.94. The third kappa shape index (κ3) is 6.60. The first-order valence-electron chi connectivity index (χ1n) is 13.2. The van der Waals surface area contributed by atoms with Gasteiger partial charge in [0.2, 0.25) is 0 Å². The molecule has 3 aromatic heterocycles. The Morgan fingerprint density at radius 3 is 2.74 bits per heavy atom. The monoisotopic (exact) mass is 598 g/mol. The van der Waals surface area contributed by atoms with Crippen LogP contribution < -0.4 is 21.1 Å². The molecule has 0 bridgehead atoms. The summed E-state index contributed by atoms with van der Waals surface area (Å²) in [6, 6.07) is 2.37. The predicted octanol–water partition coefficient (Wildman–Crippen LogP) is 3.35. The quantitative estimate of drug-likeness (QED) is 0.120. The molecule has 3 heterocycles. The minimum absolute atomic E-state index is 0.0871. The summed E-state index contributed by atoms with van der Waals surface area (Å²) >= 11 is 0. The lowest BCUT2D eigenvalue weighted by molar-refractivity contribution is -0.141. The van der Waals surface area contributed by atoms with Crippen molar-refractivity contribution in [3.05, 3.63) is 53.7 Å². The summed E-state index contributed by atoms with van der Waals surface area (Å²) in [5.74, 6) is 2.21. The molecule has 0 fully saturated rings. The van der Waals surface area contributed by atoms with Gasteiger partial charge in [0.25, 0.3) is 12.4 Å². The summed E-state index contributed by atoms with van der Waals surface area (Å²) in [7, 11) is 0. The summed E-state index contributed by atoms with van der Waals surface area (Å²) in [4.78, 5) is 32.9. The number of nitrogens with one attached hydrogen (secondary N) is 2.